The van der Waals surface area contributed by atoms with Crippen LogP contribution in [-0.2, 0) is 14.3 Å². The number of esters is 1. The second-order valence-electron chi connectivity index (χ2n) is 4.68. The highest BCUT2D eigenvalue weighted by Crippen LogP contribution is 2.17. The van der Waals surface area contributed by atoms with Crippen LogP contribution in [0.3, 0.4) is 0 Å². The standard InChI is InChI=1S/C17H16ClNO5/c1-22-14-6-8-15(9-7-14)23-11-17(21)24-10-16(20)19-13-4-2-12(18)3-5-13/h2-9H,10-11H2,1H3,(H,19,20). The number of carbonyl (C=O) groups is 2. The van der Waals surface area contributed by atoms with E-state index in [1.807, 2.05) is 0 Å². The van der Waals surface area contributed by atoms with Crippen LogP contribution in [0.25, 0.3) is 0 Å². The van der Waals surface area contributed by atoms with Gasteiger partial charge < -0.3 is 19.5 Å². The molecule has 0 atom stereocenters. The average Bonchev–Trinajstić information content (AvgIpc) is 2.60. The van der Waals surface area contributed by atoms with Crippen molar-refractivity contribution >= 4 is 29.2 Å². The summed E-state index contributed by atoms with van der Waals surface area (Å²) in [5, 5.41) is 3.15. The number of hydrogen-bond donors (Lipinski definition) is 1. The van der Waals surface area contributed by atoms with E-state index in [2.05, 4.69) is 5.32 Å². The van der Waals surface area contributed by atoms with Crippen LogP contribution in [0, 0.1) is 0 Å². The molecule has 126 valence electrons. The number of carbonyl (C=O) groups excluding carboxylic acids is 2. The van der Waals surface area contributed by atoms with E-state index < -0.39 is 18.5 Å². The molecule has 0 heterocycles. The molecule has 1 N–H and O–H groups in total. The number of rotatable bonds is 7. The fraction of sp³-hybridized carbons (Fsp3) is 0.176. The summed E-state index contributed by atoms with van der Waals surface area (Å²) in [6, 6.07) is 13.3. The highest BCUT2D eigenvalue weighted by Gasteiger charge is 2.09. The molecule has 0 aliphatic carbocycles. The summed E-state index contributed by atoms with van der Waals surface area (Å²) >= 11 is 5.75. The maximum atomic E-state index is 11.7. The Morgan fingerprint density at radius 2 is 1.58 bits per heavy atom. The molecular formula is C17H16ClNO5. The van der Waals surface area contributed by atoms with Crippen LogP contribution in [0.4, 0.5) is 5.69 Å². The van der Waals surface area contributed by atoms with Gasteiger partial charge in [0.05, 0.1) is 7.11 Å². The van der Waals surface area contributed by atoms with Crippen LogP contribution >= 0.6 is 11.6 Å². The summed E-state index contributed by atoms with van der Waals surface area (Å²) in [5.74, 6) is 0.0920. The fourth-order valence-electron chi connectivity index (χ4n) is 1.73. The van der Waals surface area contributed by atoms with Crippen LogP contribution in [0.15, 0.2) is 48.5 Å². The van der Waals surface area contributed by atoms with Crippen molar-refractivity contribution in [2.75, 3.05) is 25.6 Å². The average molecular weight is 350 g/mol. The first-order valence-corrected chi connectivity index (χ1v) is 7.42. The molecule has 0 saturated carbocycles. The Bertz CT molecular complexity index is 685. The Morgan fingerprint density at radius 3 is 2.21 bits per heavy atom. The third-order valence-corrected chi connectivity index (χ3v) is 3.16. The summed E-state index contributed by atoms with van der Waals surface area (Å²) in [6.07, 6.45) is 0. The normalized spacial score (nSPS) is 9.92. The molecule has 0 aromatic heterocycles. The topological polar surface area (TPSA) is 73.9 Å². The molecule has 2 rings (SSSR count). The van der Waals surface area contributed by atoms with Crippen molar-refractivity contribution in [2.24, 2.45) is 0 Å². The van der Waals surface area contributed by atoms with Gasteiger partial charge in [-0.25, -0.2) is 4.79 Å². The number of benzene rings is 2. The molecule has 2 aromatic carbocycles. The summed E-state index contributed by atoms with van der Waals surface area (Å²) in [5.41, 5.74) is 0.565. The predicted molar refractivity (Wildman–Crippen MR) is 89.5 cm³/mol. The largest absolute Gasteiger partial charge is 0.497 e. The monoisotopic (exact) mass is 349 g/mol. The maximum Gasteiger partial charge on any atom is 0.344 e. The summed E-state index contributed by atoms with van der Waals surface area (Å²) in [4.78, 5) is 23.2. The van der Waals surface area contributed by atoms with Gasteiger partial charge in [0.2, 0.25) is 0 Å². The molecule has 0 spiro atoms. The number of nitrogens with one attached hydrogen (secondary N) is 1. The van der Waals surface area contributed by atoms with Crippen LogP contribution in [0.5, 0.6) is 11.5 Å². The van der Waals surface area contributed by atoms with Crippen LogP contribution in [0.2, 0.25) is 5.02 Å². The Morgan fingerprint density at radius 1 is 0.958 bits per heavy atom. The lowest BCUT2D eigenvalue weighted by Gasteiger charge is -2.08. The van der Waals surface area contributed by atoms with Crippen LogP contribution in [-0.4, -0.2) is 32.2 Å². The summed E-state index contributed by atoms with van der Waals surface area (Å²) in [6.45, 7) is -0.687. The Kier molecular flexibility index (Phi) is 6.45. The van der Waals surface area contributed by atoms with E-state index in [9.17, 15) is 9.59 Å². The first-order chi connectivity index (χ1) is 11.6. The van der Waals surface area contributed by atoms with Gasteiger partial charge in [-0.1, -0.05) is 11.6 Å². The second kappa shape index (κ2) is 8.79. The van der Waals surface area contributed by atoms with Crippen LogP contribution in [0.1, 0.15) is 0 Å². The van der Waals surface area contributed by atoms with Gasteiger partial charge in [-0.15, -0.1) is 0 Å². The fourth-order valence-corrected chi connectivity index (χ4v) is 1.86. The van der Waals surface area contributed by atoms with Gasteiger partial charge in [0, 0.05) is 10.7 Å². The Labute approximate surface area is 144 Å². The van der Waals surface area contributed by atoms with E-state index in [0.717, 1.165) is 0 Å². The molecule has 7 heteroatoms. The van der Waals surface area contributed by atoms with Gasteiger partial charge in [0.1, 0.15) is 11.5 Å². The lowest BCUT2D eigenvalue weighted by Crippen LogP contribution is -2.23. The molecule has 0 bridgehead atoms. The maximum absolute atomic E-state index is 11.7. The summed E-state index contributed by atoms with van der Waals surface area (Å²) in [7, 11) is 1.56. The van der Waals surface area contributed by atoms with E-state index in [1.165, 1.54) is 0 Å². The van der Waals surface area contributed by atoms with Crippen molar-refractivity contribution in [3.63, 3.8) is 0 Å². The van der Waals surface area contributed by atoms with Crippen molar-refractivity contribution in [1.29, 1.82) is 0 Å². The molecule has 0 radical (unpaired) electrons. The molecule has 2 aromatic rings. The predicted octanol–water partition coefficient (Wildman–Crippen LogP) is 2.91. The zero-order valence-corrected chi connectivity index (χ0v) is 13.7. The van der Waals surface area contributed by atoms with E-state index in [1.54, 1.807) is 55.6 Å². The number of amides is 1. The second-order valence-corrected chi connectivity index (χ2v) is 5.12. The molecule has 0 fully saturated rings. The highest BCUT2D eigenvalue weighted by molar-refractivity contribution is 6.30. The van der Waals surface area contributed by atoms with Gasteiger partial charge in [-0.05, 0) is 48.5 Å². The molecule has 0 saturated heterocycles. The lowest BCUT2D eigenvalue weighted by molar-refractivity contribution is -0.149. The van der Waals surface area contributed by atoms with Crippen molar-refractivity contribution in [2.45, 2.75) is 0 Å². The molecular weight excluding hydrogens is 334 g/mol. The van der Waals surface area contributed by atoms with Crippen molar-refractivity contribution in [3.8, 4) is 11.5 Å². The minimum absolute atomic E-state index is 0.291. The van der Waals surface area contributed by atoms with E-state index in [-0.39, 0.29) is 6.61 Å². The Hall–Kier alpha value is -2.73. The van der Waals surface area contributed by atoms with Crippen molar-refractivity contribution in [3.05, 3.63) is 53.6 Å². The zero-order chi connectivity index (χ0) is 17.4. The van der Waals surface area contributed by atoms with Crippen LogP contribution < -0.4 is 14.8 Å². The molecule has 6 nitrogen and oxygen atoms in total. The first-order valence-electron chi connectivity index (χ1n) is 7.05. The third kappa shape index (κ3) is 5.81. The number of methoxy groups -OCH3 is 1. The van der Waals surface area contributed by atoms with E-state index >= 15 is 0 Å². The van der Waals surface area contributed by atoms with E-state index in [4.69, 9.17) is 25.8 Å². The smallest absolute Gasteiger partial charge is 0.344 e. The minimum atomic E-state index is -0.642. The van der Waals surface area contributed by atoms with Gasteiger partial charge >= 0.3 is 5.97 Å². The minimum Gasteiger partial charge on any atom is -0.497 e. The number of anilines is 1. The molecule has 0 aliphatic rings. The van der Waals surface area contributed by atoms with Gasteiger partial charge in [0.15, 0.2) is 13.2 Å². The van der Waals surface area contributed by atoms with Crippen molar-refractivity contribution < 1.29 is 23.8 Å². The van der Waals surface area contributed by atoms with Gasteiger partial charge in [-0.3, -0.25) is 4.79 Å². The SMILES string of the molecule is COc1ccc(OCC(=O)OCC(=O)Nc2ccc(Cl)cc2)cc1. The third-order valence-electron chi connectivity index (χ3n) is 2.91. The van der Waals surface area contributed by atoms with Crippen molar-refractivity contribution in [1.82, 2.24) is 0 Å². The lowest BCUT2D eigenvalue weighted by atomic mass is 10.3. The molecule has 0 aliphatic heterocycles. The van der Waals surface area contributed by atoms with Gasteiger partial charge in [-0.2, -0.15) is 0 Å². The molecule has 1 amide bonds. The number of halogens is 1. The Balaban J connectivity index is 1.70. The van der Waals surface area contributed by atoms with Gasteiger partial charge in [0.25, 0.3) is 5.91 Å². The zero-order valence-electron chi connectivity index (χ0n) is 13.0. The molecule has 0 unspecified atom stereocenters. The first kappa shape index (κ1) is 17.6. The number of ether oxygens (including phenoxy) is 3. The summed E-state index contributed by atoms with van der Waals surface area (Å²) < 4.78 is 15.1. The number of hydrogen-bond acceptors (Lipinski definition) is 5. The van der Waals surface area contributed by atoms with E-state index in [0.29, 0.717) is 22.2 Å². The molecule has 24 heavy (non-hydrogen) atoms. The highest BCUT2D eigenvalue weighted by atomic mass is 35.5. The quantitative estimate of drug-likeness (QED) is 0.778.